The Morgan fingerprint density at radius 1 is 0.800 bits per heavy atom. The van der Waals surface area contributed by atoms with Crippen LogP contribution in [-0.2, 0) is 4.79 Å². The molecule has 2 aromatic carbocycles. The van der Waals surface area contributed by atoms with E-state index in [-0.39, 0.29) is 23.5 Å². The van der Waals surface area contributed by atoms with Gasteiger partial charge in [-0.3, -0.25) is 9.59 Å². The van der Waals surface area contributed by atoms with Gasteiger partial charge in [-0.1, -0.05) is 0 Å². The van der Waals surface area contributed by atoms with E-state index in [2.05, 4.69) is 4.90 Å². The van der Waals surface area contributed by atoms with E-state index in [1.54, 1.807) is 29.2 Å². The first-order valence-electron chi connectivity index (χ1n) is 11.8. The normalized spacial score (nSPS) is 16.7. The van der Waals surface area contributed by atoms with Crippen molar-refractivity contribution < 1.29 is 28.2 Å². The minimum absolute atomic E-state index is 0.0867. The Hall–Kier alpha value is -3.49. The van der Waals surface area contributed by atoms with E-state index in [0.717, 1.165) is 18.8 Å². The first-order chi connectivity index (χ1) is 16.9. The fourth-order valence-corrected chi connectivity index (χ4v) is 4.81. The Morgan fingerprint density at radius 2 is 1.37 bits per heavy atom. The van der Waals surface area contributed by atoms with E-state index in [1.807, 2.05) is 4.90 Å². The highest BCUT2D eigenvalue weighted by atomic mass is 19.1. The quantitative estimate of drug-likeness (QED) is 0.627. The van der Waals surface area contributed by atoms with Crippen molar-refractivity contribution in [2.24, 2.45) is 5.92 Å². The van der Waals surface area contributed by atoms with Crippen LogP contribution in [0.2, 0.25) is 0 Å². The van der Waals surface area contributed by atoms with Gasteiger partial charge in [-0.15, -0.1) is 0 Å². The predicted octanol–water partition coefficient (Wildman–Crippen LogP) is 3.05. The summed E-state index contributed by atoms with van der Waals surface area (Å²) in [5.74, 6) is 0.996. The number of halogens is 1. The molecule has 0 aliphatic carbocycles. The molecule has 0 N–H and O–H groups in total. The Kier molecular flexibility index (Phi) is 7.63. The number of piperidine rings is 1. The van der Waals surface area contributed by atoms with E-state index >= 15 is 0 Å². The second kappa shape index (κ2) is 10.8. The number of hydrogen-bond donors (Lipinski definition) is 0. The number of rotatable bonds is 6. The lowest BCUT2D eigenvalue weighted by Crippen LogP contribution is -2.52. The van der Waals surface area contributed by atoms with Crippen molar-refractivity contribution in [3.05, 3.63) is 47.8 Å². The van der Waals surface area contributed by atoms with Gasteiger partial charge in [0.15, 0.2) is 11.5 Å². The first kappa shape index (κ1) is 24.6. The maximum absolute atomic E-state index is 13.2. The van der Waals surface area contributed by atoms with Gasteiger partial charge in [-0.2, -0.15) is 0 Å². The molecule has 2 heterocycles. The number of methoxy groups -OCH3 is 3. The van der Waals surface area contributed by atoms with E-state index in [1.165, 1.54) is 33.5 Å². The highest BCUT2D eigenvalue weighted by Crippen LogP contribution is 2.38. The summed E-state index contributed by atoms with van der Waals surface area (Å²) in [4.78, 5) is 32.1. The smallest absolute Gasteiger partial charge is 0.254 e. The molecular weight excluding hydrogens is 453 g/mol. The Bertz CT molecular complexity index is 1020. The zero-order chi connectivity index (χ0) is 24.9. The van der Waals surface area contributed by atoms with Gasteiger partial charge >= 0.3 is 0 Å². The molecule has 2 fully saturated rings. The highest BCUT2D eigenvalue weighted by molar-refractivity contribution is 5.96. The van der Waals surface area contributed by atoms with Gasteiger partial charge < -0.3 is 28.9 Å². The largest absolute Gasteiger partial charge is 0.493 e. The van der Waals surface area contributed by atoms with E-state index in [4.69, 9.17) is 14.2 Å². The Labute approximate surface area is 205 Å². The third-order valence-electron chi connectivity index (χ3n) is 6.83. The average molecular weight is 486 g/mol. The molecule has 0 spiro atoms. The zero-order valence-corrected chi connectivity index (χ0v) is 20.5. The molecule has 2 aliphatic heterocycles. The molecule has 0 bridgehead atoms. The standard InChI is InChI=1S/C26H32FN3O5/c1-33-22-16-19(17-23(34-2)24(22)35-3)26(32)29-10-8-18(9-11-29)25(31)30-14-12-28(13-15-30)21-6-4-20(27)5-7-21/h4-7,16-18H,8-15H2,1-3H3. The Balaban J connectivity index is 1.32. The monoisotopic (exact) mass is 485 g/mol. The van der Waals surface area contributed by atoms with Crippen LogP contribution in [0.1, 0.15) is 23.2 Å². The van der Waals surface area contributed by atoms with Crippen LogP contribution < -0.4 is 19.1 Å². The number of anilines is 1. The summed E-state index contributed by atoms with van der Waals surface area (Å²) >= 11 is 0. The third-order valence-corrected chi connectivity index (χ3v) is 6.83. The van der Waals surface area contributed by atoms with Crippen LogP contribution >= 0.6 is 0 Å². The molecule has 4 rings (SSSR count). The fourth-order valence-electron chi connectivity index (χ4n) is 4.81. The number of nitrogens with zero attached hydrogens (tertiary/aromatic N) is 3. The summed E-state index contributed by atoms with van der Waals surface area (Å²) in [6.45, 7) is 3.75. The van der Waals surface area contributed by atoms with Crippen molar-refractivity contribution in [1.82, 2.24) is 9.80 Å². The second-order valence-corrected chi connectivity index (χ2v) is 8.77. The lowest BCUT2D eigenvalue weighted by molar-refractivity contribution is -0.137. The molecular formula is C26H32FN3O5. The number of ether oxygens (including phenoxy) is 3. The number of hydrogen-bond acceptors (Lipinski definition) is 6. The van der Waals surface area contributed by atoms with Crippen LogP contribution in [0.25, 0.3) is 0 Å². The molecule has 188 valence electrons. The SMILES string of the molecule is COc1cc(C(=O)N2CCC(C(=O)N3CCN(c4ccc(F)cc4)CC3)CC2)cc(OC)c1OC. The summed E-state index contributed by atoms with van der Waals surface area (Å²) in [5.41, 5.74) is 1.43. The number of carbonyl (C=O) groups excluding carboxylic acids is 2. The summed E-state index contributed by atoms with van der Waals surface area (Å²) < 4.78 is 29.3. The van der Waals surface area contributed by atoms with Gasteiger partial charge in [-0.05, 0) is 49.2 Å². The lowest BCUT2D eigenvalue weighted by Gasteiger charge is -2.39. The van der Waals surface area contributed by atoms with Crippen LogP contribution in [0.4, 0.5) is 10.1 Å². The topological polar surface area (TPSA) is 71.6 Å². The molecule has 2 saturated heterocycles. The minimum Gasteiger partial charge on any atom is -0.493 e. The molecule has 8 nitrogen and oxygen atoms in total. The van der Waals surface area contributed by atoms with Crippen LogP contribution in [0.15, 0.2) is 36.4 Å². The van der Waals surface area contributed by atoms with E-state index in [9.17, 15) is 14.0 Å². The summed E-state index contributed by atoms with van der Waals surface area (Å²) in [6, 6.07) is 9.77. The van der Waals surface area contributed by atoms with Crippen LogP contribution in [-0.4, -0.2) is 82.2 Å². The van der Waals surface area contributed by atoms with Crippen molar-refractivity contribution in [3.8, 4) is 17.2 Å². The van der Waals surface area contributed by atoms with E-state index < -0.39 is 0 Å². The van der Waals surface area contributed by atoms with Crippen molar-refractivity contribution in [3.63, 3.8) is 0 Å². The summed E-state index contributed by atoms with van der Waals surface area (Å²) in [7, 11) is 4.55. The van der Waals surface area contributed by atoms with Gasteiger partial charge in [0.1, 0.15) is 5.82 Å². The van der Waals surface area contributed by atoms with Crippen molar-refractivity contribution in [1.29, 1.82) is 0 Å². The van der Waals surface area contributed by atoms with Gasteiger partial charge in [0, 0.05) is 56.4 Å². The second-order valence-electron chi connectivity index (χ2n) is 8.77. The van der Waals surface area contributed by atoms with Crippen molar-refractivity contribution >= 4 is 17.5 Å². The Morgan fingerprint density at radius 3 is 1.89 bits per heavy atom. The van der Waals surface area contributed by atoms with Crippen LogP contribution in [0.3, 0.4) is 0 Å². The number of amides is 2. The predicted molar refractivity (Wildman–Crippen MR) is 130 cm³/mol. The van der Waals surface area contributed by atoms with Crippen molar-refractivity contribution in [2.75, 3.05) is 65.5 Å². The molecule has 2 aromatic rings. The lowest BCUT2D eigenvalue weighted by atomic mass is 9.94. The van der Waals surface area contributed by atoms with Gasteiger partial charge in [-0.25, -0.2) is 4.39 Å². The molecule has 0 unspecified atom stereocenters. The summed E-state index contributed by atoms with van der Waals surface area (Å²) in [5, 5.41) is 0. The highest BCUT2D eigenvalue weighted by Gasteiger charge is 2.32. The average Bonchev–Trinajstić information content (AvgIpc) is 2.92. The van der Waals surface area contributed by atoms with Crippen LogP contribution in [0, 0.1) is 11.7 Å². The first-order valence-corrected chi connectivity index (χ1v) is 11.8. The minimum atomic E-state index is -0.252. The molecule has 0 atom stereocenters. The fraction of sp³-hybridized carbons (Fsp3) is 0.462. The summed E-state index contributed by atoms with van der Waals surface area (Å²) in [6.07, 6.45) is 1.26. The number of piperazine rings is 1. The molecule has 0 aromatic heterocycles. The molecule has 35 heavy (non-hydrogen) atoms. The van der Waals surface area contributed by atoms with Crippen molar-refractivity contribution in [2.45, 2.75) is 12.8 Å². The zero-order valence-electron chi connectivity index (χ0n) is 20.5. The third kappa shape index (κ3) is 5.28. The van der Waals surface area contributed by atoms with Gasteiger partial charge in [0.25, 0.3) is 5.91 Å². The number of likely N-dealkylation sites (tertiary alicyclic amines) is 1. The molecule has 9 heteroatoms. The van der Waals surface area contributed by atoms with E-state index in [0.29, 0.717) is 61.8 Å². The number of benzene rings is 2. The molecule has 2 aliphatic rings. The maximum atomic E-state index is 13.2. The molecule has 0 radical (unpaired) electrons. The number of carbonyl (C=O) groups is 2. The van der Waals surface area contributed by atoms with Gasteiger partial charge in [0.05, 0.1) is 21.3 Å². The molecule has 0 saturated carbocycles. The van der Waals surface area contributed by atoms with Gasteiger partial charge in [0.2, 0.25) is 11.7 Å². The maximum Gasteiger partial charge on any atom is 0.254 e. The van der Waals surface area contributed by atoms with Crippen LogP contribution in [0.5, 0.6) is 17.2 Å². The molecule has 2 amide bonds.